The fourth-order valence-corrected chi connectivity index (χ4v) is 5.29. The Labute approximate surface area is 214 Å². The van der Waals surface area contributed by atoms with E-state index in [9.17, 15) is 9.18 Å². The number of ether oxygens (including phenoxy) is 2. The predicted octanol–water partition coefficient (Wildman–Crippen LogP) is 4.09. The van der Waals surface area contributed by atoms with Crippen LogP contribution in [-0.2, 0) is 4.74 Å². The molecule has 1 atom stereocenters. The third-order valence-electron chi connectivity index (χ3n) is 7.16. The first-order valence-corrected chi connectivity index (χ1v) is 12.3. The highest BCUT2D eigenvalue weighted by atomic mass is 19.1. The van der Waals surface area contributed by atoms with Crippen LogP contribution >= 0.6 is 0 Å². The maximum atomic E-state index is 15.0. The molecule has 11 heteroatoms. The van der Waals surface area contributed by atoms with Gasteiger partial charge in [0.25, 0.3) is 0 Å². The number of aromatic nitrogens is 2. The van der Waals surface area contributed by atoms with Crippen LogP contribution in [0.25, 0.3) is 21.9 Å². The highest BCUT2D eigenvalue weighted by Crippen LogP contribution is 2.39. The zero-order valence-electron chi connectivity index (χ0n) is 20.9. The van der Waals surface area contributed by atoms with Crippen molar-refractivity contribution in [3.8, 4) is 17.0 Å². The number of amides is 1. The zero-order chi connectivity index (χ0) is 26.2. The summed E-state index contributed by atoms with van der Waals surface area (Å²) in [5.41, 5.74) is 8.56. The molecule has 0 aliphatic carbocycles. The van der Waals surface area contributed by atoms with Gasteiger partial charge in [-0.05, 0) is 56.3 Å². The molecule has 1 amide bonds. The molecule has 37 heavy (non-hydrogen) atoms. The van der Waals surface area contributed by atoms with Crippen LogP contribution in [-0.4, -0.2) is 71.6 Å². The molecule has 5 N–H and O–H groups in total. The minimum Gasteiger partial charge on any atom is -0.474 e. The molecule has 3 aliphatic heterocycles. The SMILES string of the molecule is CN1CCC2(CCCO2)C1.Cc1c(-c2cc3cc(NC(=O)O)ncc3c(N)c2F)cnc2c1NCCO2. The zero-order valence-corrected chi connectivity index (χ0v) is 20.9. The van der Waals surface area contributed by atoms with Gasteiger partial charge in [-0.1, -0.05) is 0 Å². The first kappa shape index (κ1) is 25.0. The third-order valence-corrected chi connectivity index (χ3v) is 7.16. The molecule has 1 spiro atoms. The van der Waals surface area contributed by atoms with Crippen molar-refractivity contribution in [2.45, 2.75) is 31.8 Å². The molecule has 0 bridgehead atoms. The Hall–Kier alpha value is -3.70. The summed E-state index contributed by atoms with van der Waals surface area (Å²) in [6.07, 6.45) is 5.46. The van der Waals surface area contributed by atoms with Crippen LogP contribution in [0.4, 0.5) is 26.4 Å². The van der Waals surface area contributed by atoms with Gasteiger partial charge in [0.05, 0.1) is 11.3 Å². The maximum absolute atomic E-state index is 15.0. The van der Waals surface area contributed by atoms with Crippen molar-refractivity contribution in [3.63, 3.8) is 0 Å². The highest BCUT2D eigenvalue weighted by Gasteiger charge is 2.40. The molecule has 10 nitrogen and oxygen atoms in total. The van der Waals surface area contributed by atoms with Gasteiger partial charge >= 0.3 is 6.09 Å². The number of pyridine rings is 2. The number of carboxylic acid groups (broad SMARTS) is 1. The van der Waals surface area contributed by atoms with E-state index in [1.165, 1.54) is 38.1 Å². The summed E-state index contributed by atoms with van der Waals surface area (Å²) in [6, 6.07) is 3.11. The number of carbonyl (C=O) groups is 1. The molecular formula is C26H31FN6O4. The standard InChI is InChI=1S/C18H16FN5O3.C8H15NO/c1-8-11(6-23-17-16(8)21-2-3-27-17)10-4-9-5-13(24-18(25)26)22-7-12(9)15(20)14(10)19;1-9-5-4-8(7-9)3-2-6-10-8/h4-7,21H,2-3,20H2,1H3,(H,22,24)(H,25,26);2-7H2,1H3. The van der Waals surface area contributed by atoms with Crippen LogP contribution in [0.3, 0.4) is 0 Å². The van der Waals surface area contributed by atoms with Crippen LogP contribution in [0.2, 0.25) is 0 Å². The minimum atomic E-state index is -1.24. The van der Waals surface area contributed by atoms with E-state index in [1.54, 1.807) is 12.3 Å². The topological polar surface area (TPSA) is 135 Å². The molecule has 6 rings (SSSR count). The van der Waals surface area contributed by atoms with Gasteiger partial charge in [-0.3, -0.25) is 5.32 Å². The van der Waals surface area contributed by atoms with Gasteiger partial charge < -0.3 is 30.5 Å². The smallest absolute Gasteiger partial charge is 0.410 e. The van der Waals surface area contributed by atoms with Crippen LogP contribution in [0.5, 0.6) is 5.88 Å². The van der Waals surface area contributed by atoms with Gasteiger partial charge in [-0.15, -0.1) is 0 Å². The molecule has 5 heterocycles. The summed E-state index contributed by atoms with van der Waals surface area (Å²) in [7, 11) is 2.18. The van der Waals surface area contributed by atoms with E-state index in [1.807, 2.05) is 6.92 Å². The molecule has 2 saturated heterocycles. The van der Waals surface area contributed by atoms with E-state index in [0.29, 0.717) is 35.4 Å². The molecular weight excluding hydrogens is 479 g/mol. The number of rotatable bonds is 2. The highest BCUT2D eigenvalue weighted by molar-refractivity contribution is 5.99. The maximum Gasteiger partial charge on any atom is 0.410 e. The summed E-state index contributed by atoms with van der Waals surface area (Å²) >= 11 is 0. The summed E-state index contributed by atoms with van der Waals surface area (Å²) < 4.78 is 26.2. The number of nitrogens with zero attached hydrogens (tertiary/aromatic N) is 3. The van der Waals surface area contributed by atoms with Crippen LogP contribution < -0.4 is 21.1 Å². The average molecular weight is 511 g/mol. The number of nitrogens with one attached hydrogen (secondary N) is 2. The Kier molecular flexibility index (Phi) is 6.74. The van der Waals surface area contributed by atoms with Crippen molar-refractivity contribution >= 4 is 34.1 Å². The molecule has 2 aromatic heterocycles. The average Bonchev–Trinajstić information content (AvgIpc) is 3.50. The van der Waals surface area contributed by atoms with Crippen molar-refractivity contribution in [1.82, 2.24) is 14.9 Å². The number of nitrogen functional groups attached to an aromatic ring is 1. The lowest BCUT2D eigenvalue weighted by Crippen LogP contribution is -2.30. The summed E-state index contributed by atoms with van der Waals surface area (Å²) in [4.78, 5) is 21.4. The number of nitrogens with two attached hydrogens (primary N) is 1. The summed E-state index contributed by atoms with van der Waals surface area (Å²) in [5, 5.41) is 15.2. The first-order chi connectivity index (χ1) is 17.8. The fraction of sp³-hybridized carbons (Fsp3) is 0.423. The van der Waals surface area contributed by atoms with Crippen molar-refractivity contribution in [2.75, 3.05) is 56.3 Å². The second-order valence-electron chi connectivity index (χ2n) is 9.75. The monoisotopic (exact) mass is 510 g/mol. The molecule has 1 aromatic carbocycles. The number of likely N-dealkylation sites (N-methyl/N-ethyl adjacent to an activating group) is 1. The summed E-state index contributed by atoms with van der Waals surface area (Å²) in [5.74, 6) is 0.0287. The Morgan fingerprint density at radius 3 is 2.78 bits per heavy atom. The minimum absolute atomic E-state index is 0.0572. The normalized spacial score (nSPS) is 20.6. The molecule has 0 radical (unpaired) electrons. The van der Waals surface area contributed by atoms with Crippen molar-refractivity contribution in [2.24, 2.45) is 0 Å². The number of hydrogen-bond donors (Lipinski definition) is 4. The van der Waals surface area contributed by atoms with Gasteiger partial charge in [0.1, 0.15) is 18.1 Å². The largest absolute Gasteiger partial charge is 0.474 e. The van der Waals surface area contributed by atoms with Crippen LogP contribution in [0.15, 0.2) is 24.5 Å². The summed E-state index contributed by atoms with van der Waals surface area (Å²) in [6.45, 7) is 6.38. The number of anilines is 3. The van der Waals surface area contributed by atoms with E-state index >= 15 is 0 Å². The third kappa shape index (κ3) is 4.96. The van der Waals surface area contributed by atoms with E-state index in [-0.39, 0.29) is 22.7 Å². The second kappa shape index (κ2) is 9.98. The molecule has 3 aromatic rings. The molecule has 2 fully saturated rings. The first-order valence-electron chi connectivity index (χ1n) is 12.3. The number of fused-ring (bicyclic) bond motifs is 2. The Balaban J connectivity index is 0.000000233. The fourth-order valence-electron chi connectivity index (χ4n) is 5.29. The van der Waals surface area contributed by atoms with Gasteiger partial charge in [0, 0.05) is 55.1 Å². The van der Waals surface area contributed by atoms with E-state index in [0.717, 1.165) is 24.4 Å². The number of halogens is 1. The Morgan fingerprint density at radius 1 is 1.24 bits per heavy atom. The lowest BCUT2D eigenvalue weighted by molar-refractivity contribution is 0.0146. The number of hydrogen-bond acceptors (Lipinski definition) is 8. The molecule has 1 unspecified atom stereocenters. The van der Waals surface area contributed by atoms with Gasteiger partial charge in [-0.2, -0.15) is 0 Å². The quantitative estimate of drug-likeness (QED) is 0.376. The van der Waals surface area contributed by atoms with Crippen LogP contribution in [0, 0.1) is 12.7 Å². The number of likely N-dealkylation sites (tertiary alicyclic amines) is 1. The van der Waals surface area contributed by atoms with E-state index in [4.69, 9.17) is 20.3 Å². The molecule has 196 valence electrons. The molecule has 0 saturated carbocycles. The lowest BCUT2D eigenvalue weighted by Gasteiger charge is -2.22. The van der Waals surface area contributed by atoms with Crippen LogP contribution in [0.1, 0.15) is 24.8 Å². The second-order valence-corrected chi connectivity index (χ2v) is 9.75. The molecule has 3 aliphatic rings. The van der Waals surface area contributed by atoms with Gasteiger partial charge in [0.15, 0.2) is 5.82 Å². The lowest BCUT2D eigenvalue weighted by atomic mass is 9.97. The van der Waals surface area contributed by atoms with Crippen molar-refractivity contribution < 1.29 is 23.8 Å². The van der Waals surface area contributed by atoms with E-state index < -0.39 is 11.9 Å². The van der Waals surface area contributed by atoms with Gasteiger partial charge in [0.2, 0.25) is 5.88 Å². The Bertz CT molecular complexity index is 1340. The van der Waals surface area contributed by atoms with E-state index in [2.05, 4.69) is 32.5 Å². The van der Waals surface area contributed by atoms with Gasteiger partial charge in [-0.25, -0.2) is 19.2 Å². The number of benzene rings is 1. The Morgan fingerprint density at radius 2 is 2.08 bits per heavy atom. The van der Waals surface area contributed by atoms with Crippen molar-refractivity contribution in [3.05, 3.63) is 35.9 Å². The van der Waals surface area contributed by atoms with Crippen molar-refractivity contribution in [1.29, 1.82) is 0 Å². The predicted molar refractivity (Wildman–Crippen MR) is 140 cm³/mol.